The Labute approximate surface area is 345 Å². The van der Waals surface area contributed by atoms with Gasteiger partial charge in [-0.1, -0.05) is 36.4 Å². The maximum Gasteiger partial charge on any atom is 0.149 e. The molecule has 9 heterocycles. The lowest BCUT2D eigenvalue weighted by Crippen LogP contribution is -1.98. The first-order chi connectivity index (χ1) is 29.3. The van der Waals surface area contributed by atoms with Crippen LogP contribution in [-0.4, -0.2) is 49.0 Å². The molecule has 13 aromatic rings. The Morgan fingerprint density at radius 2 is 0.932 bits per heavy atom. The van der Waals surface area contributed by atoms with Gasteiger partial charge in [0.05, 0.1) is 43.2 Å². The van der Waals surface area contributed by atoms with Crippen molar-refractivity contribution < 1.29 is 0 Å². The molecular formula is C46H26N10S3. The topological polar surface area (TPSA) is 119 Å². The van der Waals surface area contributed by atoms with E-state index in [-0.39, 0.29) is 0 Å². The number of aromatic amines is 2. The van der Waals surface area contributed by atoms with Crippen molar-refractivity contribution >= 4 is 98.1 Å². The van der Waals surface area contributed by atoms with Crippen molar-refractivity contribution in [3.63, 3.8) is 0 Å². The Hall–Kier alpha value is -7.32. The molecule has 0 atom stereocenters. The van der Waals surface area contributed by atoms with E-state index in [1.165, 1.54) is 20.2 Å². The number of thiophene rings is 1. The van der Waals surface area contributed by atoms with Crippen LogP contribution < -0.4 is 0 Å². The standard InChI is InChI=1S/C46H26N10S3/c1-5-27-29-9-3-15-51-45(29)55(39(27)31(7-1)37-41(57-23-53-37)43-47-17-18-48-43)25-11-13-35-33(21-25)34-22-26(12-14-36(34)59-35)56-40-28(30-10-4-16-52-46(30)56)6-2-8-32(40)38-42(58-24-54-38)44-49-19-20-50-44/h1-24H,(H,47,48)(H,49,50). The Kier molecular flexibility index (Phi) is 6.98. The lowest BCUT2D eigenvalue weighted by Gasteiger charge is -2.12. The second kappa shape index (κ2) is 12.6. The first-order valence-electron chi connectivity index (χ1n) is 18.9. The van der Waals surface area contributed by atoms with Crippen LogP contribution in [0.4, 0.5) is 0 Å². The van der Waals surface area contributed by atoms with Crippen LogP contribution in [0.1, 0.15) is 0 Å². The summed E-state index contributed by atoms with van der Waals surface area (Å²) in [4.78, 5) is 37.5. The maximum absolute atomic E-state index is 4.99. The van der Waals surface area contributed by atoms with E-state index in [4.69, 9.17) is 19.9 Å². The summed E-state index contributed by atoms with van der Waals surface area (Å²) in [5, 5.41) is 6.75. The van der Waals surface area contributed by atoms with Gasteiger partial charge in [-0.15, -0.1) is 34.0 Å². The van der Waals surface area contributed by atoms with Crippen LogP contribution in [-0.2, 0) is 0 Å². The first kappa shape index (κ1) is 32.7. The summed E-state index contributed by atoms with van der Waals surface area (Å²) in [5.74, 6) is 1.61. The third-order valence-electron chi connectivity index (χ3n) is 11.1. The summed E-state index contributed by atoms with van der Waals surface area (Å²) < 4.78 is 7.01. The first-order valence-corrected chi connectivity index (χ1v) is 21.5. The SMILES string of the molecule is c1cnc2c(c1)c1cccc(-c3ncsc3-c3ncc[nH]3)c1n2-c1ccc2sc3ccc(-n4c5ncccc5c5cccc(-c6ncsc6-c6ncc[nH]6)c54)cc3c2c1. The highest BCUT2D eigenvalue weighted by atomic mass is 32.1. The molecule has 278 valence electrons. The zero-order chi connectivity index (χ0) is 38.6. The largest absolute Gasteiger partial charge is 0.344 e. The Bertz CT molecular complexity index is 3510. The van der Waals surface area contributed by atoms with Gasteiger partial charge in [0.2, 0.25) is 0 Å². The summed E-state index contributed by atoms with van der Waals surface area (Å²) in [5.41, 5.74) is 13.6. The molecule has 0 saturated carbocycles. The minimum atomic E-state index is 0.803. The number of hydrogen-bond acceptors (Lipinski definition) is 9. The molecule has 13 heteroatoms. The summed E-state index contributed by atoms with van der Waals surface area (Å²) in [6.07, 6.45) is 11.0. The lowest BCUT2D eigenvalue weighted by atomic mass is 10.1. The second-order valence-electron chi connectivity index (χ2n) is 14.2. The van der Waals surface area contributed by atoms with Gasteiger partial charge in [-0.25, -0.2) is 29.9 Å². The molecule has 0 unspecified atom stereocenters. The number of nitrogens with zero attached hydrogens (tertiary/aromatic N) is 8. The molecule has 9 aromatic heterocycles. The number of rotatable bonds is 6. The van der Waals surface area contributed by atoms with Gasteiger partial charge in [-0.2, -0.15) is 0 Å². The number of nitrogens with one attached hydrogen (secondary N) is 2. The molecule has 0 spiro atoms. The van der Waals surface area contributed by atoms with Crippen molar-refractivity contribution in [2.45, 2.75) is 0 Å². The fourth-order valence-electron chi connectivity index (χ4n) is 8.69. The van der Waals surface area contributed by atoms with Crippen molar-refractivity contribution in [1.29, 1.82) is 0 Å². The van der Waals surface area contributed by atoms with Gasteiger partial charge < -0.3 is 9.97 Å². The van der Waals surface area contributed by atoms with E-state index in [2.05, 4.69) is 114 Å². The summed E-state index contributed by atoms with van der Waals surface area (Å²) in [6.45, 7) is 0. The molecule has 10 nitrogen and oxygen atoms in total. The molecule has 59 heavy (non-hydrogen) atoms. The van der Waals surface area contributed by atoms with Gasteiger partial charge in [0.15, 0.2) is 0 Å². The van der Waals surface area contributed by atoms with Crippen molar-refractivity contribution in [2.75, 3.05) is 0 Å². The number of imidazole rings is 2. The summed E-state index contributed by atoms with van der Waals surface area (Å²) in [7, 11) is 0. The van der Waals surface area contributed by atoms with Crippen molar-refractivity contribution in [1.82, 2.24) is 49.0 Å². The van der Waals surface area contributed by atoms with E-state index in [1.807, 2.05) is 47.9 Å². The van der Waals surface area contributed by atoms with Gasteiger partial charge in [0, 0.05) is 101 Å². The quantitative estimate of drug-likeness (QED) is 0.173. The number of H-pyrrole nitrogens is 2. The zero-order valence-corrected chi connectivity index (χ0v) is 33.1. The molecule has 0 bridgehead atoms. The molecule has 0 amide bonds. The number of fused-ring (bicyclic) bond motifs is 9. The Morgan fingerprint density at radius 1 is 0.441 bits per heavy atom. The zero-order valence-electron chi connectivity index (χ0n) is 30.7. The minimum Gasteiger partial charge on any atom is -0.344 e. The smallest absolute Gasteiger partial charge is 0.149 e. The van der Waals surface area contributed by atoms with Crippen molar-refractivity contribution in [3.05, 3.63) is 145 Å². The van der Waals surface area contributed by atoms with E-state index in [0.29, 0.717) is 0 Å². The monoisotopic (exact) mass is 814 g/mol. The molecule has 0 aliphatic rings. The van der Waals surface area contributed by atoms with E-state index >= 15 is 0 Å². The van der Waals surface area contributed by atoms with E-state index in [9.17, 15) is 0 Å². The fraction of sp³-hybridized carbons (Fsp3) is 0. The normalized spacial score (nSPS) is 12.1. The van der Waals surface area contributed by atoms with E-state index in [0.717, 1.165) is 99.2 Å². The highest BCUT2D eigenvalue weighted by molar-refractivity contribution is 7.25. The van der Waals surface area contributed by atoms with E-state index < -0.39 is 0 Å². The number of para-hydroxylation sites is 2. The van der Waals surface area contributed by atoms with Gasteiger partial charge in [0.25, 0.3) is 0 Å². The molecular weight excluding hydrogens is 789 g/mol. The van der Waals surface area contributed by atoms with Crippen LogP contribution in [0.3, 0.4) is 0 Å². The van der Waals surface area contributed by atoms with Crippen LogP contribution in [0.2, 0.25) is 0 Å². The Morgan fingerprint density at radius 3 is 1.41 bits per heavy atom. The van der Waals surface area contributed by atoms with Gasteiger partial charge in [-0.3, -0.25) is 9.13 Å². The number of hydrogen-bond donors (Lipinski definition) is 2. The average Bonchev–Trinajstić information content (AvgIpc) is 4.14. The molecule has 4 aromatic carbocycles. The number of aromatic nitrogens is 10. The van der Waals surface area contributed by atoms with Crippen LogP contribution in [0.5, 0.6) is 0 Å². The molecule has 0 fully saturated rings. The van der Waals surface area contributed by atoms with Gasteiger partial charge in [0.1, 0.15) is 22.9 Å². The third-order valence-corrected chi connectivity index (χ3v) is 13.9. The van der Waals surface area contributed by atoms with Crippen molar-refractivity contribution in [3.8, 4) is 55.3 Å². The number of thiazole rings is 2. The number of pyridine rings is 2. The molecule has 0 aliphatic carbocycles. The Balaban J connectivity index is 1.05. The van der Waals surface area contributed by atoms with E-state index in [1.54, 1.807) is 46.4 Å². The predicted molar refractivity (Wildman–Crippen MR) is 241 cm³/mol. The minimum absolute atomic E-state index is 0.803. The summed E-state index contributed by atoms with van der Waals surface area (Å²) in [6, 6.07) is 34.8. The second-order valence-corrected chi connectivity index (χ2v) is 17.0. The lowest BCUT2D eigenvalue weighted by molar-refractivity contribution is 1.14. The van der Waals surface area contributed by atoms with Gasteiger partial charge in [-0.05, 0) is 60.7 Å². The number of benzene rings is 4. The average molecular weight is 815 g/mol. The maximum atomic E-state index is 4.99. The molecule has 0 radical (unpaired) electrons. The summed E-state index contributed by atoms with van der Waals surface area (Å²) >= 11 is 4.97. The van der Waals surface area contributed by atoms with Crippen LogP contribution in [0.25, 0.3) is 119 Å². The fourth-order valence-corrected chi connectivity index (χ4v) is 11.3. The van der Waals surface area contributed by atoms with Gasteiger partial charge >= 0.3 is 0 Å². The van der Waals surface area contributed by atoms with Crippen LogP contribution >= 0.6 is 34.0 Å². The molecule has 13 rings (SSSR count). The third kappa shape index (κ3) is 4.77. The molecule has 2 N–H and O–H groups in total. The predicted octanol–water partition coefficient (Wildman–Crippen LogP) is 12.1. The highest BCUT2D eigenvalue weighted by Gasteiger charge is 2.24. The highest BCUT2D eigenvalue weighted by Crippen LogP contribution is 2.45. The van der Waals surface area contributed by atoms with Crippen LogP contribution in [0, 0.1) is 0 Å². The molecule has 0 aliphatic heterocycles. The van der Waals surface area contributed by atoms with Crippen LogP contribution in [0.15, 0.2) is 145 Å². The molecule has 0 saturated heterocycles. The van der Waals surface area contributed by atoms with Crippen molar-refractivity contribution in [2.24, 2.45) is 0 Å².